The van der Waals surface area contributed by atoms with Gasteiger partial charge in [-0.15, -0.1) is 0 Å². The third kappa shape index (κ3) is 4.21. The van der Waals surface area contributed by atoms with Crippen molar-refractivity contribution in [3.05, 3.63) is 36.7 Å². The summed E-state index contributed by atoms with van der Waals surface area (Å²) in [6.45, 7) is 7.18. The molecule has 4 rings (SSSR count). The van der Waals surface area contributed by atoms with Gasteiger partial charge in [0.1, 0.15) is 11.4 Å². The molecule has 2 fully saturated rings. The van der Waals surface area contributed by atoms with Gasteiger partial charge in [0.05, 0.1) is 17.8 Å². The third-order valence-electron chi connectivity index (χ3n) is 5.27. The molecule has 2 aliphatic rings. The number of nitrogens with two attached hydrogens (primary N) is 1. The summed E-state index contributed by atoms with van der Waals surface area (Å²) in [5, 5.41) is 3.26. The van der Waals surface area contributed by atoms with Gasteiger partial charge < -0.3 is 20.7 Å². The van der Waals surface area contributed by atoms with E-state index in [9.17, 15) is 4.79 Å². The van der Waals surface area contributed by atoms with Crippen LogP contribution in [-0.4, -0.2) is 51.7 Å². The lowest BCUT2D eigenvalue weighted by atomic mass is 10.2. The average molecular weight is 396 g/mol. The topological polar surface area (TPSA) is 96.6 Å². The first-order chi connectivity index (χ1) is 13.8. The molecule has 2 saturated heterocycles. The number of carbonyl (C=O) groups is 1. The van der Waals surface area contributed by atoms with Crippen molar-refractivity contribution in [3.63, 3.8) is 0 Å². The number of amides is 1. The van der Waals surface area contributed by atoms with E-state index in [4.69, 9.17) is 15.5 Å². The Morgan fingerprint density at radius 1 is 1.14 bits per heavy atom. The van der Waals surface area contributed by atoms with Gasteiger partial charge in [-0.2, -0.15) is 0 Å². The number of carbonyl (C=O) groups excluding carboxylic acids is 1. The van der Waals surface area contributed by atoms with E-state index in [-0.39, 0.29) is 18.2 Å². The first-order valence-corrected chi connectivity index (χ1v) is 10.00. The Labute approximate surface area is 171 Å². The second-order valence-corrected chi connectivity index (χ2v) is 8.65. The highest BCUT2D eigenvalue weighted by Gasteiger charge is 2.44. The van der Waals surface area contributed by atoms with Crippen molar-refractivity contribution in [2.45, 2.75) is 51.3 Å². The van der Waals surface area contributed by atoms with Gasteiger partial charge in [-0.3, -0.25) is 9.88 Å². The second-order valence-electron chi connectivity index (χ2n) is 8.65. The summed E-state index contributed by atoms with van der Waals surface area (Å²) in [6.07, 6.45) is 5.19. The third-order valence-corrected chi connectivity index (χ3v) is 5.27. The molecular formula is C21H28N6O2. The Morgan fingerprint density at radius 3 is 2.41 bits per heavy atom. The molecule has 0 aromatic carbocycles. The van der Waals surface area contributed by atoms with E-state index in [0.29, 0.717) is 11.5 Å². The molecule has 0 aliphatic carbocycles. The number of nitrogen functional groups attached to an aromatic ring is 1. The summed E-state index contributed by atoms with van der Waals surface area (Å²) in [6, 6.07) is 7.82. The lowest BCUT2D eigenvalue weighted by Gasteiger charge is -2.41. The maximum Gasteiger partial charge on any atom is 0.410 e. The van der Waals surface area contributed by atoms with Crippen LogP contribution in [0.25, 0.3) is 0 Å². The minimum absolute atomic E-state index is 0.138. The Hall–Kier alpha value is -3.03. The van der Waals surface area contributed by atoms with Crippen molar-refractivity contribution in [2.75, 3.05) is 29.0 Å². The van der Waals surface area contributed by atoms with E-state index in [2.05, 4.69) is 15.2 Å². The Kier molecular flexibility index (Phi) is 4.94. The summed E-state index contributed by atoms with van der Waals surface area (Å²) in [7, 11) is 0. The van der Waals surface area contributed by atoms with Crippen LogP contribution in [-0.2, 0) is 4.74 Å². The number of anilines is 4. The van der Waals surface area contributed by atoms with Gasteiger partial charge >= 0.3 is 6.09 Å². The molecule has 0 saturated carbocycles. The van der Waals surface area contributed by atoms with Crippen molar-refractivity contribution in [3.8, 4) is 0 Å². The van der Waals surface area contributed by atoms with Crippen LogP contribution in [0.4, 0.5) is 27.8 Å². The smallest absolute Gasteiger partial charge is 0.410 e. The molecular weight excluding hydrogens is 368 g/mol. The highest BCUT2D eigenvalue weighted by atomic mass is 16.6. The van der Waals surface area contributed by atoms with E-state index >= 15 is 0 Å². The number of nitrogens with one attached hydrogen (secondary N) is 1. The number of rotatable bonds is 3. The van der Waals surface area contributed by atoms with Gasteiger partial charge in [0.15, 0.2) is 5.82 Å². The lowest BCUT2D eigenvalue weighted by molar-refractivity contribution is 0.0123. The molecule has 3 N–H and O–H groups in total. The fourth-order valence-corrected chi connectivity index (χ4v) is 4.01. The van der Waals surface area contributed by atoms with Crippen LogP contribution < -0.4 is 16.0 Å². The molecule has 8 nitrogen and oxygen atoms in total. The number of hydrogen-bond acceptors (Lipinski definition) is 7. The number of pyridine rings is 2. The van der Waals surface area contributed by atoms with Gasteiger partial charge in [0.25, 0.3) is 0 Å². The first-order valence-electron chi connectivity index (χ1n) is 10.00. The van der Waals surface area contributed by atoms with E-state index in [1.807, 2.05) is 49.9 Å². The predicted molar refractivity (Wildman–Crippen MR) is 113 cm³/mol. The van der Waals surface area contributed by atoms with E-state index < -0.39 is 5.60 Å². The molecule has 2 aromatic rings. The normalized spacial score (nSPS) is 21.2. The van der Waals surface area contributed by atoms with Crippen LogP contribution in [0, 0.1) is 0 Å². The summed E-state index contributed by atoms with van der Waals surface area (Å²) in [5.74, 6) is 1.48. The molecule has 2 bridgehead atoms. The largest absolute Gasteiger partial charge is 0.444 e. The van der Waals surface area contributed by atoms with Crippen molar-refractivity contribution in [1.29, 1.82) is 0 Å². The van der Waals surface area contributed by atoms with E-state index in [1.54, 1.807) is 12.4 Å². The number of fused-ring (bicyclic) bond motifs is 2. The summed E-state index contributed by atoms with van der Waals surface area (Å²) in [5.41, 5.74) is 7.10. The Balaban J connectivity index is 1.50. The van der Waals surface area contributed by atoms with Crippen LogP contribution in [0.1, 0.15) is 33.6 Å². The number of aromatic nitrogens is 2. The lowest BCUT2D eigenvalue weighted by Crippen LogP contribution is -2.57. The molecule has 29 heavy (non-hydrogen) atoms. The van der Waals surface area contributed by atoms with E-state index in [1.165, 1.54) is 0 Å². The van der Waals surface area contributed by atoms with Crippen LogP contribution in [0.3, 0.4) is 0 Å². The van der Waals surface area contributed by atoms with Crippen molar-refractivity contribution in [1.82, 2.24) is 14.9 Å². The van der Waals surface area contributed by atoms with Crippen LogP contribution in [0.15, 0.2) is 36.7 Å². The molecule has 0 spiro atoms. The Morgan fingerprint density at radius 2 is 1.79 bits per heavy atom. The number of nitrogens with zero attached hydrogens (tertiary/aromatic N) is 4. The minimum atomic E-state index is -0.486. The number of piperazine rings is 1. The predicted octanol–water partition coefficient (Wildman–Crippen LogP) is 3.39. The van der Waals surface area contributed by atoms with Gasteiger partial charge in [-0.1, -0.05) is 0 Å². The number of ether oxygens (including phenoxy) is 1. The van der Waals surface area contributed by atoms with Gasteiger partial charge in [0, 0.05) is 31.2 Å². The molecule has 0 radical (unpaired) electrons. The monoisotopic (exact) mass is 396 g/mol. The molecule has 2 aromatic heterocycles. The molecule has 1 amide bonds. The van der Waals surface area contributed by atoms with Gasteiger partial charge in [0.2, 0.25) is 0 Å². The number of hydrogen-bond donors (Lipinski definition) is 2. The highest BCUT2D eigenvalue weighted by Crippen LogP contribution is 2.34. The molecule has 4 heterocycles. The molecule has 2 aliphatic heterocycles. The Bertz CT molecular complexity index is 868. The van der Waals surface area contributed by atoms with Crippen LogP contribution in [0.5, 0.6) is 0 Å². The second kappa shape index (κ2) is 7.42. The van der Waals surface area contributed by atoms with Crippen LogP contribution in [0.2, 0.25) is 0 Å². The molecule has 2 atom stereocenters. The zero-order chi connectivity index (χ0) is 20.6. The van der Waals surface area contributed by atoms with Crippen molar-refractivity contribution in [2.24, 2.45) is 0 Å². The minimum Gasteiger partial charge on any atom is -0.444 e. The molecule has 8 heteroatoms. The van der Waals surface area contributed by atoms with Crippen molar-refractivity contribution >= 4 is 29.1 Å². The zero-order valence-corrected chi connectivity index (χ0v) is 17.1. The molecule has 154 valence electrons. The maximum atomic E-state index is 12.7. The maximum absolute atomic E-state index is 12.7. The van der Waals surface area contributed by atoms with Crippen LogP contribution >= 0.6 is 0 Å². The van der Waals surface area contributed by atoms with Crippen molar-refractivity contribution < 1.29 is 9.53 Å². The molecule has 2 unspecified atom stereocenters. The van der Waals surface area contributed by atoms with Gasteiger partial charge in [-0.25, -0.2) is 9.78 Å². The summed E-state index contributed by atoms with van der Waals surface area (Å²) >= 11 is 0. The fourth-order valence-electron chi connectivity index (χ4n) is 4.01. The SMILES string of the molecule is CC(C)(C)OC(=O)N1C2CCC1CN(c1ccc(N)c(Nc3ccncc3)n1)C2. The standard InChI is InChI=1S/C21H28N6O2/c1-21(2,3)29-20(28)27-15-4-5-16(27)13-26(12-15)18-7-6-17(22)19(25-18)24-14-8-10-23-11-9-14/h6-11,15-16H,4-5,12-13,22H2,1-3H3,(H,23,24,25). The fraction of sp³-hybridized carbons (Fsp3) is 0.476. The van der Waals surface area contributed by atoms with E-state index in [0.717, 1.165) is 37.4 Å². The summed E-state index contributed by atoms with van der Waals surface area (Å²) in [4.78, 5) is 25.6. The quantitative estimate of drug-likeness (QED) is 0.821. The zero-order valence-electron chi connectivity index (χ0n) is 17.1. The first kappa shape index (κ1) is 19.3. The average Bonchev–Trinajstić information content (AvgIpc) is 2.93. The highest BCUT2D eigenvalue weighted by molar-refractivity contribution is 5.72. The summed E-state index contributed by atoms with van der Waals surface area (Å²) < 4.78 is 5.62. The van der Waals surface area contributed by atoms with Gasteiger partial charge in [-0.05, 0) is 57.9 Å².